The molecule has 2 atom stereocenters. The molecule has 1 fully saturated rings. The van der Waals surface area contributed by atoms with E-state index < -0.39 is 45.3 Å². The number of hydrogen-bond acceptors (Lipinski definition) is 4. The number of nitro benzene ring substituents is 1. The molecular weight excluding hydrogens is 343 g/mol. The van der Waals surface area contributed by atoms with E-state index >= 15 is 0 Å². The number of carbonyl (C=O) groups is 2. The molecule has 0 radical (unpaired) electrons. The zero-order valence-electron chi connectivity index (χ0n) is 12.9. The van der Waals surface area contributed by atoms with Crippen LogP contribution in [0.5, 0.6) is 0 Å². The van der Waals surface area contributed by atoms with Gasteiger partial charge in [-0.1, -0.05) is 11.6 Å². The number of amides is 1. The van der Waals surface area contributed by atoms with E-state index in [2.05, 4.69) is 0 Å². The van der Waals surface area contributed by atoms with Gasteiger partial charge in [0.05, 0.1) is 22.3 Å². The number of hydrogen-bond donors (Lipinski definition) is 1. The molecule has 9 heteroatoms. The molecule has 1 aliphatic rings. The minimum atomic E-state index is -0.983. The molecule has 2 rings (SSSR count). The molecule has 0 saturated carbocycles. The Morgan fingerprint density at radius 3 is 2.75 bits per heavy atom. The van der Waals surface area contributed by atoms with Crippen molar-refractivity contribution in [1.29, 1.82) is 0 Å². The minimum Gasteiger partial charge on any atom is -0.481 e. The Kier molecular flexibility index (Phi) is 5.38. The summed E-state index contributed by atoms with van der Waals surface area (Å²) in [5.41, 5.74) is -0.522. The molecule has 0 aromatic heterocycles. The number of benzene rings is 1. The van der Waals surface area contributed by atoms with Crippen molar-refractivity contribution in [1.82, 2.24) is 4.90 Å². The Balaban J connectivity index is 2.25. The Hall–Kier alpha value is -2.22. The highest BCUT2D eigenvalue weighted by Gasteiger charge is 2.35. The van der Waals surface area contributed by atoms with Crippen LogP contribution in [0.15, 0.2) is 12.1 Å². The summed E-state index contributed by atoms with van der Waals surface area (Å²) in [5, 5.41) is 19.9. The third-order valence-corrected chi connectivity index (χ3v) is 4.58. The summed E-state index contributed by atoms with van der Waals surface area (Å²) in [6, 6.07) is 1.22. The zero-order chi connectivity index (χ0) is 18.0. The van der Waals surface area contributed by atoms with Gasteiger partial charge in [0.2, 0.25) is 5.91 Å². The van der Waals surface area contributed by atoms with Gasteiger partial charge in [-0.15, -0.1) is 0 Å². The summed E-state index contributed by atoms with van der Waals surface area (Å²) in [5.74, 6) is -2.98. The van der Waals surface area contributed by atoms with E-state index in [1.807, 2.05) is 0 Å². The average molecular weight is 359 g/mol. The molecule has 1 aliphatic heterocycles. The van der Waals surface area contributed by atoms with Crippen molar-refractivity contribution in [3.05, 3.63) is 38.7 Å². The predicted octanol–water partition coefficient (Wildman–Crippen LogP) is 2.64. The van der Waals surface area contributed by atoms with Crippen LogP contribution in [0.3, 0.4) is 0 Å². The van der Waals surface area contributed by atoms with E-state index in [0.717, 1.165) is 12.1 Å². The molecule has 0 unspecified atom stereocenters. The van der Waals surface area contributed by atoms with E-state index in [1.165, 1.54) is 4.90 Å². The fourth-order valence-corrected chi connectivity index (χ4v) is 3.14. The molecule has 1 aromatic carbocycles. The number of carboxylic acids is 1. The van der Waals surface area contributed by atoms with Gasteiger partial charge in [0.1, 0.15) is 5.82 Å². The molecular formula is C15H16ClFN2O5. The quantitative estimate of drug-likeness (QED) is 0.658. The van der Waals surface area contributed by atoms with Crippen LogP contribution in [0.4, 0.5) is 10.1 Å². The summed E-state index contributed by atoms with van der Waals surface area (Å²) < 4.78 is 13.6. The first-order valence-corrected chi connectivity index (χ1v) is 7.74. The van der Waals surface area contributed by atoms with Crippen LogP contribution < -0.4 is 0 Å². The third kappa shape index (κ3) is 3.64. The van der Waals surface area contributed by atoms with Gasteiger partial charge in [0.15, 0.2) is 0 Å². The molecule has 0 spiro atoms. The number of carbonyl (C=O) groups excluding carboxylic acids is 1. The van der Waals surface area contributed by atoms with Crippen LogP contribution in [0.1, 0.15) is 25.3 Å². The number of piperidine rings is 1. The van der Waals surface area contributed by atoms with Crippen LogP contribution in [-0.2, 0) is 16.0 Å². The first-order valence-electron chi connectivity index (χ1n) is 7.37. The summed E-state index contributed by atoms with van der Waals surface area (Å²) in [6.45, 7) is 2.00. The smallest absolute Gasteiger partial charge is 0.308 e. The summed E-state index contributed by atoms with van der Waals surface area (Å²) in [6.07, 6.45) is 0.612. The molecule has 7 nitrogen and oxygen atoms in total. The van der Waals surface area contributed by atoms with Gasteiger partial charge in [-0.2, -0.15) is 0 Å². The van der Waals surface area contributed by atoms with Crippen molar-refractivity contribution in [2.75, 3.05) is 6.54 Å². The van der Waals surface area contributed by atoms with Crippen molar-refractivity contribution in [2.24, 2.45) is 5.92 Å². The van der Waals surface area contributed by atoms with Crippen LogP contribution in [0, 0.1) is 21.8 Å². The van der Waals surface area contributed by atoms with Crippen LogP contribution in [0.25, 0.3) is 0 Å². The lowest BCUT2D eigenvalue weighted by molar-refractivity contribution is -0.385. The SMILES string of the molecule is C[C@@H]1[C@H](C(=O)O)CCCN1C(=O)Cc1cc(F)c(Cl)cc1[N+](=O)[O-]. The topological polar surface area (TPSA) is 101 Å². The van der Waals surface area contributed by atoms with Gasteiger partial charge < -0.3 is 10.0 Å². The highest BCUT2D eigenvalue weighted by Crippen LogP contribution is 2.29. The lowest BCUT2D eigenvalue weighted by atomic mass is 9.90. The van der Waals surface area contributed by atoms with Crippen molar-refractivity contribution < 1.29 is 24.0 Å². The molecule has 0 aliphatic carbocycles. The fourth-order valence-electron chi connectivity index (χ4n) is 2.98. The van der Waals surface area contributed by atoms with Crippen LogP contribution in [0.2, 0.25) is 5.02 Å². The molecule has 0 bridgehead atoms. The third-order valence-electron chi connectivity index (χ3n) is 4.29. The fraction of sp³-hybridized carbons (Fsp3) is 0.467. The maximum Gasteiger partial charge on any atom is 0.308 e. The number of carboxylic acid groups (broad SMARTS) is 1. The highest BCUT2D eigenvalue weighted by atomic mass is 35.5. The first-order chi connectivity index (χ1) is 11.2. The summed E-state index contributed by atoms with van der Waals surface area (Å²) in [7, 11) is 0. The molecule has 130 valence electrons. The van der Waals surface area contributed by atoms with Crippen molar-refractivity contribution in [3.63, 3.8) is 0 Å². The van der Waals surface area contributed by atoms with E-state index in [4.69, 9.17) is 11.6 Å². The minimum absolute atomic E-state index is 0.0865. The van der Waals surface area contributed by atoms with E-state index in [0.29, 0.717) is 19.4 Å². The second-order valence-corrected chi connectivity index (χ2v) is 6.15. The molecule has 1 heterocycles. The highest BCUT2D eigenvalue weighted by molar-refractivity contribution is 6.31. The Morgan fingerprint density at radius 2 is 2.17 bits per heavy atom. The molecule has 24 heavy (non-hydrogen) atoms. The Bertz CT molecular complexity index is 697. The van der Waals surface area contributed by atoms with Crippen LogP contribution in [-0.4, -0.2) is 39.4 Å². The number of nitrogens with zero attached hydrogens (tertiary/aromatic N) is 2. The standard InChI is InChI=1S/C15H16ClFN2O5/c1-8-10(15(21)22)3-2-4-18(8)14(20)6-9-5-12(17)11(16)7-13(9)19(23)24/h5,7-8,10H,2-4,6H2,1H3,(H,21,22)/t8-,10-/m1/s1. The van der Waals surface area contributed by atoms with Gasteiger partial charge >= 0.3 is 5.97 Å². The van der Waals surface area contributed by atoms with Crippen molar-refractivity contribution in [3.8, 4) is 0 Å². The first kappa shape index (κ1) is 18.1. The number of nitro groups is 1. The van der Waals surface area contributed by atoms with Gasteiger partial charge in [-0.05, 0) is 25.8 Å². The number of likely N-dealkylation sites (tertiary alicyclic amines) is 1. The maximum absolute atomic E-state index is 13.6. The molecule has 1 saturated heterocycles. The summed E-state index contributed by atoms with van der Waals surface area (Å²) in [4.78, 5) is 35.4. The number of halogens is 2. The van der Waals surface area contributed by atoms with E-state index in [-0.39, 0.29) is 12.0 Å². The Labute approximate surface area is 142 Å². The zero-order valence-corrected chi connectivity index (χ0v) is 13.6. The molecule has 1 aromatic rings. The average Bonchev–Trinajstić information content (AvgIpc) is 2.50. The van der Waals surface area contributed by atoms with Crippen molar-refractivity contribution >= 4 is 29.2 Å². The van der Waals surface area contributed by atoms with E-state index in [9.17, 15) is 29.2 Å². The van der Waals surface area contributed by atoms with E-state index in [1.54, 1.807) is 6.92 Å². The second-order valence-electron chi connectivity index (χ2n) is 5.74. The van der Waals surface area contributed by atoms with Crippen molar-refractivity contribution in [2.45, 2.75) is 32.2 Å². The van der Waals surface area contributed by atoms with Gasteiger partial charge in [-0.3, -0.25) is 19.7 Å². The maximum atomic E-state index is 13.6. The Morgan fingerprint density at radius 1 is 1.50 bits per heavy atom. The van der Waals surface area contributed by atoms with Crippen LogP contribution >= 0.6 is 11.6 Å². The largest absolute Gasteiger partial charge is 0.481 e. The lowest BCUT2D eigenvalue weighted by Gasteiger charge is -2.37. The van der Waals surface area contributed by atoms with Gasteiger partial charge in [0.25, 0.3) is 5.69 Å². The van der Waals surface area contributed by atoms with Gasteiger partial charge in [-0.25, -0.2) is 4.39 Å². The molecule has 1 N–H and O–H groups in total. The second kappa shape index (κ2) is 7.12. The monoisotopic (exact) mass is 358 g/mol. The number of aliphatic carboxylic acids is 1. The number of rotatable bonds is 4. The normalized spacial score (nSPS) is 20.7. The van der Waals surface area contributed by atoms with Gasteiger partial charge in [0, 0.05) is 24.2 Å². The molecule has 1 amide bonds. The predicted molar refractivity (Wildman–Crippen MR) is 83.3 cm³/mol. The summed E-state index contributed by atoms with van der Waals surface area (Å²) >= 11 is 5.55. The lowest BCUT2D eigenvalue weighted by Crippen LogP contribution is -2.49.